The van der Waals surface area contributed by atoms with Crippen molar-refractivity contribution in [1.29, 1.82) is 0 Å². The summed E-state index contributed by atoms with van der Waals surface area (Å²) in [7, 11) is 0. The van der Waals surface area contributed by atoms with Gasteiger partial charge < -0.3 is 0 Å². The number of ketones is 1. The van der Waals surface area contributed by atoms with Gasteiger partial charge in [-0.3, -0.25) is 9.48 Å². The van der Waals surface area contributed by atoms with Crippen LogP contribution in [0.5, 0.6) is 0 Å². The highest BCUT2D eigenvalue weighted by Gasteiger charge is 2.27. The quantitative estimate of drug-likeness (QED) is 0.809. The summed E-state index contributed by atoms with van der Waals surface area (Å²) < 4.78 is 1.82. The molecule has 0 radical (unpaired) electrons. The van der Waals surface area contributed by atoms with E-state index in [2.05, 4.69) is 5.10 Å². The highest BCUT2D eigenvalue weighted by atomic mass is 35.5. The van der Waals surface area contributed by atoms with Crippen LogP contribution in [-0.2, 0) is 17.8 Å². The monoisotopic (exact) mass is 256 g/mol. The van der Waals surface area contributed by atoms with Crippen LogP contribution in [0.4, 0.5) is 0 Å². The molecule has 0 bridgehead atoms. The molecule has 96 valence electrons. The topological polar surface area (TPSA) is 34.9 Å². The third-order valence-corrected chi connectivity index (χ3v) is 3.91. The molecule has 0 saturated carbocycles. The van der Waals surface area contributed by atoms with Crippen LogP contribution < -0.4 is 0 Å². The molecule has 0 aliphatic rings. The molecule has 0 spiro atoms. The Balaban J connectivity index is 2.99. The van der Waals surface area contributed by atoms with Crippen molar-refractivity contribution < 1.29 is 4.79 Å². The van der Waals surface area contributed by atoms with E-state index in [0.717, 1.165) is 24.4 Å². The fourth-order valence-electron chi connectivity index (χ4n) is 1.63. The summed E-state index contributed by atoms with van der Waals surface area (Å²) in [6.07, 6.45) is 1.21. The van der Waals surface area contributed by atoms with Gasteiger partial charge in [-0.25, -0.2) is 0 Å². The number of carbonyl (C=O) groups excluding carboxylic acids is 1. The second-order valence-electron chi connectivity index (χ2n) is 5.00. The Hall–Kier alpha value is -0.830. The van der Waals surface area contributed by atoms with Gasteiger partial charge in [0.1, 0.15) is 5.78 Å². The van der Waals surface area contributed by atoms with Crippen LogP contribution in [0, 0.1) is 12.3 Å². The Morgan fingerprint density at radius 1 is 1.41 bits per heavy atom. The number of aromatic nitrogens is 2. The van der Waals surface area contributed by atoms with Crippen LogP contribution in [-0.4, -0.2) is 15.6 Å². The number of rotatable bonds is 5. The van der Waals surface area contributed by atoms with Gasteiger partial charge in [0.25, 0.3) is 0 Å². The van der Waals surface area contributed by atoms with Crippen LogP contribution in [0.15, 0.2) is 0 Å². The molecule has 0 saturated heterocycles. The van der Waals surface area contributed by atoms with Crippen LogP contribution in [0.3, 0.4) is 0 Å². The van der Waals surface area contributed by atoms with Gasteiger partial charge in [0.15, 0.2) is 0 Å². The molecule has 0 atom stereocenters. The van der Waals surface area contributed by atoms with E-state index >= 15 is 0 Å². The average Bonchev–Trinajstić information content (AvgIpc) is 2.56. The lowest BCUT2D eigenvalue weighted by Crippen LogP contribution is -2.26. The Morgan fingerprint density at radius 2 is 2.00 bits per heavy atom. The van der Waals surface area contributed by atoms with Crippen molar-refractivity contribution in [2.24, 2.45) is 5.41 Å². The predicted molar refractivity (Wildman–Crippen MR) is 70.4 cm³/mol. The van der Waals surface area contributed by atoms with E-state index < -0.39 is 0 Å². The zero-order chi connectivity index (χ0) is 13.2. The number of Topliss-reactive ketones (excluding diaryl/α,β-unsaturated/α-hetero) is 1. The maximum absolute atomic E-state index is 12.2. The fourth-order valence-corrected chi connectivity index (χ4v) is 1.83. The molecule has 1 heterocycles. The van der Waals surface area contributed by atoms with E-state index in [0.29, 0.717) is 11.4 Å². The standard InChI is InChI=1S/C13H21ClN2O/c1-6-13(4,5)11(17)8-10-12(14)9(3)15-16(10)7-2/h6-8H2,1-5H3. The second-order valence-corrected chi connectivity index (χ2v) is 5.38. The van der Waals surface area contributed by atoms with Gasteiger partial charge in [-0.05, 0) is 20.3 Å². The summed E-state index contributed by atoms with van der Waals surface area (Å²) in [5.41, 5.74) is 1.35. The highest BCUT2D eigenvalue weighted by molar-refractivity contribution is 6.32. The lowest BCUT2D eigenvalue weighted by atomic mass is 9.83. The smallest absolute Gasteiger partial charge is 0.144 e. The number of hydrogen-bond donors (Lipinski definition) is 0. The summed E-state index contributed by atoms with van der Waals surface area (Å²) in [6.45, 7) is 10.6. The van der Waals surface area contributed by atoms with Gasteiger partial charge in [0.05, 0.1) is 22.8 Å². The summed E-state index contributed by atoms with van der Waals surface area (Å²) in [5.74, 6) is 0.219. The van der Waals surface area contributed by atoms with E-state index in [9.17, 15) is 4.79 Å². The van der Waals surface area contributed by atoms with E-state index in [1.165, 1.54) is 0 Å². The Labute approximate surface area is 108 Å². The molecule has 1 aromatic heterocycles. The first-order valence-corrected chi connectivity index (χ1v) is 6.46. The van der Waals surface area contributed by atoms with Crippen LogP contribution >= 0.6 is 11.6 Å². The maximum Gasteiger partial charge on any atom is 0.144 e. The molecule has 0 aliphatic heterocycles. The number of aryl methyl sites for hydroxylation is 2. The van der Waals surface area contributed by atoms with Gasteiger partial charge >= 0.3 is 0 Å². The maximum atomic E-state index is 12.2. The molecule has 1 rings (SSSR count). The molecule has 0 aromatic carbocycles. The number of hydrogen-bond acceptors (Lipinski definition) is 2. The Bertz CT molecular complexity index is 421. The summed E-state index contributed by atoms with van der Waals surface area (Å²) >= 11 is 6.19. The predicted octanol–water partition coefficient (Wildman–Crippen LogP) is 3.41. The van der Waals surface area contributed by atoms with Crippen molar-refractivity contribution in [2.45, 2.75) is 54.0 Å². The molecular formula is C13H21ClN2O. The fraction of sp³-hybridized carbons (Fsp3) is 0.692. The van der Waals surface area contributed by atoms with Crippen molar-refractivity contribution in [3.63, 3.8) is 0 Å². The molecule has 1 aromatic rings. The normalized spacial score (nSPS) is 11.9. The number of carbonyl (C=O) groups is 1. The van der Waals surface area contributed by atoms with Crippen molar-refractivity contribution in [3.8, 4) is 0 Å². The van der Waals surface area contributed by atoms with E-state index in [4.69, 9.17) is 11.6 Å². The summed E-state index contributed by atoms with van der Waals surface area (Å²) in [4.78, 5) is 12.2. The number of halogens is 1. The molecule has 0 N–H and O–H groups in total. The molecule has 0 amide bonds. The van der Waals surface area contributed by atoms with Crippen molar-refractivity contribution in [1.82, 2.24) is 9.78 Å². The van der Waals surface area contributed by atoms with Crippen molar-refractivity contribution in [2.75, 3.05) is 0 Å². The SMILES string of the molecule is CCn1nc(C)c(Cl)c1CC(=O)C(C)(C)CC. The minimum absolute atomic E-state index is 0.219. The molecule has 0 fully saturated rings. The van der Waals surface area contributed by atoms with E-state index in [-0.39, 0.29) is 11.2 Å². The van der Waals surface area contributed by atoms with Gasteiger partial charge in [-0.2, -0.15) is 5.10 Å². The molecular weight excluding hydrogens is 236 g/mol. The van der Waals surface area contributed by atoms with E-state index in [1.807, 2.05) is 39.3 Å². The van der Waals surface area contributed by atoms with Crippen molar-refractivity contribution in [3.05, 3.63) is 16.4 Å². The third kappa shape index (κ3) is 2.89. The first-order valence-electron chi connectivity index (χ1n) is 6.08. The Morgan fingerprint density at radius 3 is 2.47 bits per heavy atom. The summed E-state index contributed by atoms with van der Waals surface area (Å²) in [5, 5.41) is 4.95. The molecule has 0 aliphatic carbocycles. The van der Waals surface area contributed by atoms with Crippen LogP contribution in [0.2, 0.25) is 5.02 Å². The van der Waals surface area contributed by atoms with Crippen LogP contribution in [0.25, 0.3) is 0 Å². The van der Waals surface area contributed by atoms with E-state index in [1.54, 1.807) is 0 Å². The third-order valence-electron chi connectivity index (χ3n) is 3.42. The largest absolute Gasteiger partial charge is 0.299 e. The molecule has 3 nitrogen and oxygen atoms in total. The highest BCUT2D eigenvalue weighted by Crippen LogP contribution is 2.27. The van der Waals surface area contributed by atoms with Gasteiger partial charge in [0, 0.05) is 12.0 Å². The minimum Gasteiger partial charge on any atom is -0.299 e. The molecule has 17 heavy (non-hydrogen) atoms. The Kier molecular flexibility index (Phi) is 4.36. The lowest BCUT2D eigenvalue weighted by Gasteiger charge is -2.21. The van der Waals surface area contributed by atoms with Crippen LogP contribution in [0.1, 0.15) is 45.5 Å². The zero-order valence-electron chi connectivity index (χ0n) is 11.3. The number of nitrogens with zero attached hydrogens (tertiary/aromatic N) is 2. The first-order chi connectivity index (χ1) is 7.83. The average molecular weight is 257 g/mol. The lowest BCUT2D eigenvalue weighted by molar-refractivity contribution is -0.126. The van der Waals surface area contributed by atoms with Gasteiger partial charge in [-0.15, -0.1) is 0 Å². The molecule has 4 heteroatoms. The van der Waals surface area contributed by atoms with Gasteiger partial charge in [-0.1, -0.05) is 32.4 Å². The summed E-state index contributed by atoms with van der Waals surface area (Å²) in [6, 6.07) is 0. The minimum atomic E-state index is -0.292. The first kappa shape index (κ1) is 14.2. The van der Waals surface area contributed by atoms with Crippen molar-refractivity contribution >= 4 is 17.4 Å². The van der Waals surface area contributed by atoms with Gasteiger partial charge in [0.2, 0.25) is 0 Å². The second kappa shape index (κ2) is 5.21. The zero-order valence-corrected chi connectivity index (χ0v) is 12.1. The molecule has 0 unspecified atom stereocenters.